The molecule has 5 heteroatoms. The molecular weight excluding hydrogens is 364 g/mol. The molecule has 3 N–H and O–H groups in total. The largest absolute Gasteiger partial charge is 0.491 e. The van der Waals surface area contributed by atoms with E-state index < -0.39 is 11.7 Å². The van der Waals surface area contributed by atoms with Crippen molar-refractivity contribution in [1.29, 1.82) is 0 Å². The standard InChI is InChI=1S/C24H40N2O3/c1-26(21-10-4-2-5-11-21)17-22(27)18-29-23-12-8-9-20(15-23)16-25-19-24(28)13-6-3-7-14-24/h8-9,12,15,21-22,25,27-28H,2-7,10-11,13-14,16-19H2,1H3/t22-/m0/s1. The van der Waals surface area contributed by atoms with Gasteiger partial charge in [-0.2, -0.15) is 0 Å². The first kappa shape index (κ1) is 22.5. The summed E-state index contributed by atoms with van der Waals surface area (Å²) in [4.78, 5) is 2.30. The Hall–Kier alpha value is -1.14. The highest BCUT2D eigenvalue weighted by atomic mass is 16.5. The van der Waals surface area contributed by atoms with Crippen molar-refractivity contribution >= 4 is 0 Å². The SMILES string of the molecule is CN(C[C@H](O)COc1cccc(CNCC2(O)CCCCC2)c1)C1CCCCC1. The van der Waals surface area contributed by atoms with Gasteiger partial charge in [0.15, 0.2) is 0 Å². The number of aliphatic hydroxyl groups excluding tert-OH is 1. The fourth-order valence-electron chi connectivity index (χ4n) is 4.82. The van der Waals surface area contributed by atoms with Gasteiger partial charge in [0, 0.05) is 25.7 Å². The maximum absolute atomic E-state index is 10.6. The quantitative estimate of drug-likeness (QED) is 0.557. The number of rotatable bonds is 10. The molecule has 2 saturated carbocycles. The zero-order valence-corrected chi connectivity index (χ0v) is 18.1. The zero-order valence-electron chi connectivity index (χ0n) is 18.1. The van der Waals surface area contributed by atoms with Crippen LogP contribution in [0.5, 0.6) is 5.75 Å². The lowest BCUT2D eigenvalue weighted by molar-refractivity contribution is 0.00467. The Bertz CT molecular complexity index is 598. The number of nitrogens with one attached hydrogen (secondary N) is 1. The molecule has 5 nitrogen and oxygen atoms in total. The number of ether oxygens (including phenoxy) is 1. The summed E-state index contributed by atoms with van der Waals surface area (Å²) in [5, 5.41) is 24.4. The van der Waals surface area contributed by atoms with Crippen molar-refractivity contribution in [1.82, 2.24) is 10.2 Å². The van der Waals surface area contributed by atoms with E-state index in [4.69, 9.17) is 4.74 Å². The highest BCUT2D eigenvalue weighted by molar-refractivity contribution is 5.28. The molecule has 1 aromatic carbocycles. The van der Waals surface area contributed by atoms with Gasteiger partial charge in [-0.1, -0.05) is 50.7 Å². The van der Waals surface area contributed by atoms with Crippen LogP contribution in [0.2, 0.25) is 0 Å². The summed E-state index contributed by atoms with van der Waals surface area (Å²) in [6.45, 7) is 2.33. The Morgan fingerprint density at radius 3 is 2.62 bits per heavy atom. The van der Waals surface area contributed by atoms with Crippen molar-refractivity contribution in [3.8, 4) is 5.75 Å². The topological polar surface area (TPSA) is 65.0 Å². The van der Waals surface area contributed by atoms with Crippen molar-refractivity contribution in [2.24, 2.45) is 0 Å². The summed E-state index contributed by atoms with van der Waals surface area (Å²) in [6, 6.07) is 8.62. The molecule has 0 unspecified atom stereocenters. The Kier molecular flexibility index (Phi) is 8.79. The molecule has 0 amide bonds. The summed E-state index contributed by atoms with van der Waals surface area (Å²) in [5.74, 6) is 0.792. The van der Waals surface area contributed by atoms with Crippen LogP contribution in [0, 0.1) is 0 Å². The Labute approximate surface area is 176 Å². The molecule has 2 aliphatic rings. The van der Waals surface area contributed by atoms with Gasteiger partial charge < -0.3 is 25.2 Å². The molecule has 0 bridgehead atoms. The number of aliphatic hydroxyl groups is 2. The molecular formula is C24H40N2O3. The maximum atomic E-state index is 10.6. The van der Waals surface area contributed by atoms with E-state index >= 15 is 0 Å². The van der Waals surface area contributed by atoms with E-state index in [1.165, 1.54) is 38.5 Å². The predicted octanol–water partition coefficient (Wildman–Crippen LogP) is 3.48. The third kappa shape index (κ3) is 7.56. The van der Waals surface area contributed by atoms with Crippen LogP contribution >= 0.6 is 0 Å². The number of hydrogen-bond donors (Lipinski definition) is 3. The minimum atomic E-state index is -0.541. The van der Waals surface area contributed by atoms with Crippen LogP contribution < -0.4 is 10.1 Å². The average molecular weight is 405 g/mol. The molecule has 1 aromatic rings. The first-order valence-corrected chi connectivity index (χ1v) is 11.6. The number of benzene rings is 1. The fourth-order valence-corrected chi connectivity index (χ4v) is 4.82. The molecule has 3 rings (SSSR count). The van der Waals surface area contributed by atoms with Gasteiger partial charge >= 0.3 is 0 Å². The molecule has 2 fully saturated rings. The molecule has 2 aliphatic carbocycles. The summed E-state index contributed by atoms with van der Waals surface area (Å²) >= 11 is 0. The lowest BCUT2D eigenvalue weighted by atomic mass is 9.85. The molecule has 0 heterocycles. The van der Waals surface area contributed by atoms with E-state index in [2.05, 4.69) is 23.3 Å². The third-order valence-electron chi connectivity index (χ3n) is 6.61. The van der Waals surface area contributed by atoms with Crippen LogP contribution in [0.15, 0.2) is 24.3 Å². The van der Waals surface area contributed by atoms with Crippen LogP contribution in [0.4, 0.5) is 0 Å². The molecule has 164 valence electrons. The predicted molar refractivity (Wildman–Crippen MR) is 117 cm³/mol. The molecule has 0 aliphatic heterocycles. The smallest absolute Gasteiger partial charge is 0.119 e. The van der Waals surface area contributed by atoms with Crippen molar-refractivity contribution < 1.29 is 14.9 Å². The molecule has 0 spiro atoms. The Morgan fingerprint density at radius 1 is 1.14 bits per heavy atom. The molecule has 29 heavy (non-hydrogen) atoms. The second-order valence-electron chi connectivity index (χ2n) is 9.23. The minimum Gasteiger partial charge on any atom is -0.491 e. The van der Waals surface area contributed by atoms with E-state index in [1.807, 2.05) is 18.2 Å². The fraction of sp³-hybridized carbons (Fsp3) is 0.750. The summed E-state index contributed by atoms with van der Waals surface area (Å²) in [5.41, 5.74) is 0.594. The van der Waals surface area contributed by atoms with E-state index in [0.717, 1.165) is 37.0 Å². The lowest BCUT2D eigenvalue weighted by Crippen LogP contribution is -2.41. The van der Waals surface area contributed by atoms with Gasteiger partial charge in [-0.25, -0.2) is 0 Å². The molecule has 0 saturated heterocycles. The van der Waals surface area contributed by atoms with Gasteiger partial charge in [0.05, 0.1) is 5.60 Å². The number of likely N-dealkylation sites (N-methyl/N-ethyl adjacent to an activating group) is 1. The van der Waals surface area contributed by atoms with Crippen LogP contribution in [0.1, 0.15) is 69.8 Å². The lowest BCUT2D eigenvalue weighted by Gasteiger charge is -2.32. The number of hydrogen-bond acceptors (Lipinski definition) is 5. The van der Waals surface area contributed by atoms with Gasteiger partial charge in [-0.15, -0.1) is 0 Å². The Morgan fingerprint density at radius 2 is 1.86 bits per heavy atom. The minimum absolute atomic E-state index is 0.313. The van der Waals surface area contributed by atoms with Gasteiger partial charge in [0.25, 0.3) is 0 Å². The zero-order chi connectivity index (χ0) is 20.5. The summed E-state index contributed by atoms with van der Waals surface area (Å²) in [7, 11) is 2.12. The highest BCUT2D eigenvalue weighted by Crippen LogP contribution is 2.27. The van der Waals surface area contributed by atoms with Gasteiger partial charge in [-0.3, -0.25) is 0 Å². The molecule has 1 atom stereocenters. The maximum Gasteiger partial charge on any atom is 0.119 e. The highest BCUT2D eigenvalue weighted by Gasteiger charge is 2.28. The summed E-state index contributed by atoms with van der Waals surface area (Å²) in [6.07, 6.45) is 11.3. The third-order valence-corrected chi connectivity index (χ3v) is 6.61. The van der Waals surface area contributed by atoms with E-state index in [1.54, 1.807) is 0 Å². The van der Waals surface area contributed by atoms with Crippen LogP contribution in [0.25, 0.3) is 0 Å². The average Bonchev–Trinajstić information content (AvgIpc) is 2.73. The monoisotopic (exact) mass is 404 g/mol. The van der Waals surface area contributed by atoms with Crippen molar-refractivity contribution in [3.63, 3.8) is 0 Å². The first-order chi connectivity index (χ1) is 14.0. The van der Waals surface area contributed by atoms with E-state index in [-0.39, 0.29) is 0 Å². The van der Waals surface area contributed by atoms with E-state index in [9.17, 15) is 10.2 Å². The van der Waals surface area contributed by atoms with E-state index in [0.29, 0.717) is 32.3 Å². The number of nitrogens with zero attached hydrogens (tertiary/aromatic N) is 1. The molecule has 0 radical (unpaired) electrons. The van der Waals surface area contributed by atoms with Crippen molar-refractivity contribution in [3.05, 3.63) is 29.8 Å². The Balaban J connectivity index is 1.38. The van der Waals surface area contributed by atoms with Gasteiger partial charge in [0.2, 0.25) is 0 Å². The summed E-state index contributed by atoms with van der Waals surface area (Å²) < 4.78 is 5.86. The second kappa shape index (κ2) is 11.3. The van der Waals surface area contributed by atoms with Gasteiger partial charge in [-0.05, 0) is 50.4 Å². The van der Waals surface area contributed by atoms with Crippen LogP contribution in [0.3, 0.4) is 0 Å². The normalized spacial score (nSPS) is 21.2. The van der Waals surface area contributed by atoms with Crippen LogP contribution in [-0.2, 0) is 6.54 Å². The van der Waals surface area contributed by atoms with Crippen molar-refractivity contribution in [2.75, 3.05) is 26.7 Å². The second-order valence-corrected chi connectivity index (χ2v) is 9.23. The first-order valence-electron chi connectivity index (χ1n) is 11.6. The molecule has 0 aromatic heterocycles. The van der Waals surface area contributed by atoms with Crippen LogP contribution in [-0.4, -0.2) is 59.6 Å². The van der Waals surface area contributed by atoms with Gasteiger partial charge in [0.1, 0.15) is 18.5 Å². The van der Waals surface area contributed by atoms with Crippen molar-refractivity contribution in [2.45, 2.75) is 88.5 Å².